The Kier molecular flexibility index (Phi) is 3.89. The molecule has 4 nitrogen and oxygen atoms in total. The second-order valence-corrected chi connectivity index (χ2v) is 5.59. The van der Waals surface area contributed by atoms with Gasteiger partial charge in [-0.15, -0.1) is 22.9 Å². The summed E-state index contributed by atoms with van der Waals surface area (Å²) in [5.74, 6) is 2.11. The summed E-state index contributed by atoms with van der Waals surface area (Å²) in [6.07, 6.45) is 2.71. The third-order valence-corrected chi connectivity index (χ3v) is 4.27. The van der Waals surface area contributed by atoms with Crippen molar-refractivity contribution in [2.45, 2.75) is 18.8 Å². The number of nitrogens with zero attached hydrogens (tertiary/aromatic N) is 3. The highest BCUT2D eigenvalue weighted by Crippen LogP contribution is 2.23. The summed E-state index contributed by atoms with van der Waals surface area (Å²) in [5.41, 5.74) is 2.00. The molecule has 0 aliphatic rings. The van der Waals surface area contributed by atoms with Gasteiger partial charge in [0.2, 0.25) is 0 Å². The summed E-state index contributed by atoms with van der Waals surface area (Å²) in [6.45, 7) is 0.819. The molecule has 0 saturated carbocycles. The lowest BCUT2D eigenvalue weighted by atomic mass is 10.3. The van der Waals surface area contributed by atoms with E-state index in [9.17, 15) is 0 Å². The van der Waals surface area contributed by atoms with E-state index in [2.05, 4.69) is 14.5 Å². The fraction of sp³-hybridized carbons (Fsp3) is 0.286. The molecule has 3 aromatic rings. The summed E-state index contributed by atoms with van der Waals surface area (Å²) in [5, 5.41) is 3.11. The molecular weight excluding hydrogens is 294 g/mol. The van der Waals surface area contributed by atoms with E-state index in [1.807, 2.05) is 29.8 Å². The first-order valence-corrected chi connectivity index (χ1v) is 7.70. The molecule has 0 unspecified atom stereocenters. The fourth-order valence-electron chi connectivity index (χ4n) is 2.21. The predicted octanol–water partition coefficient (Wildman–Crippen LogP) is 3.48. The zero-order valence-electron chi connectivity index (χ0n) is 11.0. The van der Waals surface area contributed by atoms with Gasteiger partial charge in [0, 0.05) is 30.6 Å². The third kappa shape index (κ3) is 2.51. The molecule has 1 aromatic carbocycles. The Morgan fingerprint density at radius 1 is 1.40 bits per heavy atom. The van der Waals surface area contributed by atoms with Gasteiger partial charge in [-0.3, -0.25) is 0 Å². The second kappa shape index (κ2) is 5.81. The molecule has 0 aliphatic heterocycles. The molecule has 0 N–H and O–H groups in total. The van der Waals surface area contributed by atoms with E-state index >= 15 is 0 Å². The fourth-order valence-corrected chi connectivity index (χ4v) is 3.03. The number of hydrogen-bond acceptors (Lipinski definition) is 4. The maximum atomic E-state index is 6.01. The topological polar surface area (TPSA) is 39.9 Å². The van der Waals surface area contributed by atoms with Crippen molar-refractivity contribution in [3.8, 4) is 5.75 Å². The van der Waals surface area contributed by atoms with Crippen LogP contribution in [0.2, 0.25) is 0 Å². The molecule has 0 bridgehead atoms. The number of benzene rings is 1. The van der Waals surface area contributed by atoms with E-state index in [0.29, 0.717) is 5.88 Å². The summed E-state index contributed by atoms with van der Waals surface area (Å²) < 4.78 is 7.43. The zero-order valence-corrected chi connectivity index (χ0v) is 12.6. The largest absolute Gasteiger partial charge is 0.497 e. The lowest BCUT2D eigenvalue weighted by molar-refractivity contribution is 0.415. The van der Waals surface area contributed by atoms with Gasteiger partial charge in [-0.2, -0.15) is 0 Å². The molecule has 0 amide bonds. The summed E-state index contributed by atoms with van der Waals surface area (Å²) in [4.78, 5) is 8.88. The number of imidazole rings is 1. The Balaban J connectivity index is 1.97. The number of aromatic nitrogens is 3. The molecular formula is C14H14ClN3OS. The summed E-state index contributed by atoms with van der Waals surface area (Å²) >= 11 is 7.68. The highest BCUT2D eigenvalue weighted by atomic mass is 35.5. The van der Waals surface area contributed by atoms with Crippen LogP contribution in [0, 0.1) is 0 Å². The van der Waals surface area contributed by atoms with Gasteiger partial charge in [-0.1, -0.05) is 0 Å². The first-order chi connectivity index (χ1) is 9.81. The van der Waals surface area contributed by atoms with Crippen molar-refractivity contribution in [2.24, 2.45) is 0 Å². The highest BCUT2D eigenvalue weighted by molar-refractivity contribution is 7.09. The number of rotatable bonds is 5. The van der Waals surface area contributed by atoms with Gasteiger partial charge < -0.3 is 9.30 Å². The minimum absolute atomic E-state index is 0.398. The molecule has 2 aromatic heterocycles. The van der Waals surface area contributed by atoms with Gasteiger partial charge in [0.15, 0.2) is 0 Å². The lowest BCUT2D eigenvalue weighted by Gasteiger charge is -2.07. The number of alkyl halides is 1. The van der Waals surface area contributed by atoms with Crippen LogP contribution in [0.3, 0.4) is 0 Å². The van der Waals surface area contributed by atoms with Crippen LogP contribution in [0.5, 0.6) is 5.75 Å². The average molecular weight is 308 g/mol. The normalized spacial score (nSPS) is 11.1. The number of fused-ring (bicyclic) bond motifs is 1. The summed E-state index contributed by atoms with van der Waals surface area (Å²) in [6, 6.07) is 5.88. The summed E-state index contributed by atoms with van der Waals surface area (Å²) in [7, 11) is 1.67. The minimum Gasteiger partial charge on any atom is -0.497 e. The van der Waals surface area contributed by atoms with E-state index in [0.717, 1.165) is 40.6 Å². The van der Waals surface area contributed by atoms with Crippen molar-refractivity contribution in [3.63, 3.8) is 0 Å². The zero-order chi connectivity index (χ0) is 13.9. The quantitative estimate of drug-likeness (QED) is 0.678. The van der Waals surface area contributed by atoms with Crippen molar-refractivity contribution in [1.29, 1.82) is 0 Å². The molecule has 0 saturated heterocycles. The number of methoxy groups -OCH3 is 1. The molecule has 0 aliphatic carbocycles. The van der Waals surface area contributed by atoms with Crippen molar-refractivity contribution in [1.82, 2.24) is 14.5 Å². The standard InChI is InChI=1S/C14H14ClN3OS/c1-19-10-2-3-11-12(8-10)18(13(9-15)17-11)6-4-14-16-5-7-20-14/h2-3,5,7-8H,4,6,9H2,1H3. The van der Waals surface area contributed by atoms with E-state index in [1.54, 1.807) is 18.4 Å². The number of aryl methyl sites for hydroxylation is 2. The molecule has 6 heteroatoms. The lowest BCUT2D eigenvalue weighted by Crippen LogP contribution is -2.05. The molecule has 3 rings (SSSR count). The molecule has 0 fully saturated rings. The minimum atomic E-state index is 0.398. The highest BCUT2D eigenvalue weighted by Gasteiger charge is 2.11. The van der Waals surface area contributed by atoms with Crippen LogP contribution < -0.4 is 4.74 Å². The van der Waals surface area contributed by atoms with Crippen LogP contribution in [0.25, 0.3) is 11.0 Å². The van der Waals surface area contributed by atoms with Gasteiger partial charge >= 0.3 is 0 Å². The van der Waals surface area contributed by atoms with Gasteiger partial charge in [0.05, 0.1) is 29.0 Å². The molecule has 20 heavy (non-hydrogen) atoms. The van der Waals surface area contributed by atoms with Crippen molar-refractivity contribution < 1.29 is 4.74 Å². The molecule has 0 spiro atoms. The maximum absolute atomic E-state index is 6.01. The van der Waals surface area contributed by atoms with Crippen LogP contribution in [0.1, 0.15) is 10.8 Å². The Morgan fingerprint density at radius 3 is 3.00 bits per heavy atom. The first kappa shape index (κ1) is 13.4. The van der Waals surface area contributed by atoms with Crippen molar-refractivity contribution >= 4 is 34.0 Å². The van der Waals surface area contributed by atoms with Gasteiger partial charge in [-0.05, 0) is 12.1 Å². The third-order valence-electron chi connectivity index (χ3n) is 3.19. The van der Waals surface area contributed by atoms with Crippen LogP contribution in [-0.2, 0) is 18.8 Å². The number of hydrogen-bond donors (Lipinski definition) is 0. The molecule has 0 atom stereocenters. The Morgan fingerprint density at radius 2 is 2.30 bits per heavy atom. The molecule has 0 radical (unpaired) electrons. The number of ether oxygens (including phenoxy) is 1. The first-order valence-electron chi connectivity index (χ1n) is 6.29. The van der Waals surface area contributed by atoms with Gasteiger partial charge in [0.25, 0.3) is 0 Å². The van der Waals surface area contributed by atoms with Gasteiger partial charge in [-0.25, -0.2) is 9.97 Å². The van der Waals surface area contributed by atoms with E-state index < -0.39 is 0 Å². The number of halogens is 1. The van der Waals surface area contributed by atoms with E-state index in [-0.39, 0.29) is 0 Å². The van der Waals surface area contributed by atoms with Crippen LogP contribution in [-0.4, -0.2) is 21.6 Å². The monoisotopic (exact) mass is 307 g/mol. The molecule has 104 valence electrons. The van der Waals surface area contributed by atoms with Gasteiger partial charge in [0.1, 0.15) is 11.6 Å². The Labute approximate surface area is 126 Å². The van der Waals surface area contributed by atoms with Crippen molar-refractivity contribution in [2.75, 3.05) is 7.11 Å². The maximum Gasteiger partial charge on any atom is 0.124 e. The second-order valence-electron chi connectivity index (χ2n) is 4.34. The van der Waals surface area contributed by atoms with E-state index in [4.69, 9.17) is 16.3 Å². The van der Waals surface area contributed by atoms with Crippen LogP contribution in [0.15, 0.2) is 29.8 Å². The van der Waals surface area contributed by atoms with Crippen molar-refractivity contribution in [3.05, 3.63) is 40.6 Å². The SMILES string of the molecule is COc1ccc2nc(CCl)n(CCc3nccs3)c2c1. The average Bonchev–Trinajstić information content (AvgIpc) is 3.11. The smallest absolute Gasteiger partial charge is 0.124 e. The predicted molar refractivity (Wildman–Crippen MR) is 81.7 cm³/mol. The molecule has 2 heterocycles. The number of thiazole rings is 1. The Hall–Kier alpha value is -1.59. The Bertz CT molecular complexity index is 709. The van der Waals surface area contributed by atoms with Crippen LogP contribution >= 0.6 is 22.9 Å². The van der Waals surface area contributed by atoms with E-state index in [1.165, 1.54) is 0 Å². The van der Waals surface area contributed by atoms with Crippen LogP contribution in [0.4, 0.5) is 0 Å².